The van der Waals surface area contributed by atoms with E-state index in [1.807, 2.05) is 32.0 Å². The third kappa shape index (κ3) is 3.81. The molecule has 4 nitrogen and oxygen atoms in total. The highest BCUT2D eigenvalue weighted by atomic mass is 16.5. The van der Waals surface area contributed by atoms with Crippen molar-refractivity contribution >= 4 is 11.6 Å². The number of ether oxygens (including phenoxy) is 1. The topological polar surface area (TPSA) is 50.7 Å². The SMILES string of the molecule is Cc1cccc(C)c1OCC(=O)NN=C1CCCC1. The zero-order valence-corrected chi connectivity index (χ0v) is 11.5. The summed E-state index contributed by atoms with van der Waals surface area (Å²) >= 11 is 0. The normalized spacial score (nSPS) is 14.3. The van der Waals surface area contributed by atoms with E-state index in [9.17, 15) is 4.79 Å². The summed E-state index contributed by atoms with van der Waals surface area (Å²) in [7, 11) is 0. The maximum Gasteiger partial charge on any atom is 0.277 e. The summed E-state index contributed by atoms with van der Waals surface area (Å²) in [5.41, 5.74) is 5.72. The first-order valence-electron chi connectivity index (χ1n) is 6.70. The highest BCUT2D eigenvalue weighted by Gasteiger charge is 2.10. The molecule has 0 atom stereocenters. The first kappa shape index (κ1) is 13.6. The second-order valence-electron chi connectivity index (χ2n) is 4.93. The molecule has 0 saturated heterocycles. The number of hydrazone groups is 1. The summed E-state index contributed by atoms with van der Waals surface area (Å²) in [6.45, 7) is 3.94. The maximum atomic E-state index is 11.7. The van der Waals surface area contributed by atoms with E-state index in [-0.39, 0.29) is 12.5 Å². The summed E-state index contributed by atoms with van der Waals surface area (Å²) in [6, 6.07) is 5.92. The highest BCUT2D eigenvalue weighted by Crippen LogP contribution is 2.22. The molecule has 0 bridgehead atoms. The van der Waals surface area contributed by atoms with Crippen molar-refractivity contribution in [1.82, 2.24) is 5.43 Å². The van der Waals surface area contributed by atoms with Crippen LogP contribution >= 0.6 is 0 Å². The third-order valence-corrected chi connectivity index (χ3v) is 3.28. The highest BCUT2D eigenvalue weighted by molar-refractivity contribution is 5.87. The molecule has 1 aliphatic rings. The van der Waals surface area contributed by atoms with Crippen LogP contribution in [-0.4, -0.2) is 18.2 Å². The molecule has 1 fully saturated rings. The Hall–Kier alpha value is -1.84. The predicted octanol–water partition coefficient (Wildman–Crippen LogP) is 2.73. The number of hydrogen-bond donors (Lipinski definition) is 1. The molecular weight excluding hydrogens is 240 g/mol. The minimum Gasteiger partial charge on any atom is -0.483 e. The molecule has 1 aromatic carbocycles. The fourth-order valence-electron chi connectivity index (χ4n) is 2.23. The predicted molar refractivity (Wildman–Crippen MR) is 75.5 cm³/mol. The van der Waals surface area contributed by atoms with Crippen LogP contribution in [0, 0.1) is 13.8 Å². The average Bonchev–Trinajstić information content (AvgIpc) is 2.89. The molecular formula is C15H20N2O2. The minimum absolute atomic E-state index is 0.00245. The number of carbonyl (C=O) groups is 1. The summed E-state index contributed by atoms with van der Waals surface area (Å²) in [4.78, 5) is 11.7. The van der Waals surface area contributed by atoms with Gasteiger partial charge in [-0.15, -0.1) is 0 Å². The van der Waals surface area contributed by atoms with Gasteiger partial charge in [0.1, 0.15) is 5.75 Å². The lowest BCUT2D eigenvalue weighted by Gasteiger charge is -2.10. The number of aryl methyl sites for hydroxylation is 2. The molecule has 0 aromatic heterocycles. The molecule has 1 saturated carbocycles. The Morgan fingerprint density at radius 3 is 2.53 bits per heavy atom. The lowest BCUT2D eigenvalue weighted by Crippen LogP contribution is -2.25. The number of benzene rings is 1. The Bertz CT molecular complexity index is 467. The Labute approximate surface area is 113 Å². The van der Waals surface area contributed by atoms with Crippen molar-refractivity contribution in [2.45, 2.75) is 39.5 Å². The van der Waals surface area contributed by atoms with Crippen LogP contribution in [-0.2, 0) is 4.79 Å². The molecule has 0 unspecified atom stereocenters. The van der Waals surface area contributed by atoms with Crippen molar-refractivity contribution in [1.29, 1.82) is 0 Å². The largest absolute Gasteiger partial charge is 0.483 e. The molecule has 0 heterocycles. The third-order valence-electron chi connectivity index (χ3n) is 3.28. The van der Waals surface area contributed by atoms with Crippen LogP contribution in [0.15, 0.2) is 23.3 Å². The van der Waals surface area contributed by atoms with E-state index in [0.717, 1.165) is 35.4 Å². The monoisotopic (exact) mass is 260 g/mol. The van der Waals surface area contributed by atoms with Crippen LogP contribution in [0.3, 0.4) is 0 Å². The van der Waals surface area contributed by atoms with Crippen molar-refractivity contribution in [3.63, 3.8) is 0 Å². The van der Waals surface area contributed by atoms with Gasteiger partial charge >= 0.3 is 0 Å². The zero-order valence-electron chi connectivity index (χ0n) is 11.5. The van der Waals surface area contributed by atoms with Gasteiger partial charge in [0.25, 0.3) is 5.91 Å². The maximum absolute atomic E-state index is 11.7. The van der Waals surface area contributed by atoms with Gasteiger partial charge in [-0.3, -0.25) is 4.79 Å². The van der Waals surface area contributed by atoms with Gasteiger partial charge in [0.15, 0.2) is 6.61 Å². The second-order valence-corrected chi connectivity index (χ2v) is 4.93. The molecule has 0 aliphatic heterocycles. The van der Waals surface area contributed by atoms with E-state index in [1.165, 1.54) is 12.8 Å². The van der Waals surface area contributed by atoms with Gasteiger partial charge < -0.3 is 4.74 Å². The van der Waals surface area contributed by atoms with Crippen LogP contribution < -0.4 is 10.2 Å². The Kier molecular flexibility index (Phi) is 4.55. The number of nitrogens with zero attached hydrogens (tertiary/aromatic N) is 1. The van der Waals surface area contributed by atoms with Crippen molar-refractivity contribution in [2.75, 3.05) is 6.61 Å². The molecule has 2 rings (SSSR count). The van der Waals surface area contributed by atoms with Crippen molar-refractivity contribution in [3.05, 3.63) is 29.3 Å². The summed E-state index contributed by atoms with van der Waals surface area (Å²) < 4.78 is 5.56. The fraction of sp³-hybridized carbons (Fsp3) is 0.467. The number of carbonyl (C=O) groups excluding carboxylic acids is 1. The Morgan fingerprint density at radius 2 is 1.89 bits per heavy atom. The Balaban J connectivity index is 1.85. The molecule has 102 valence electrons. The molecule has 0 radical (unpaired) electrons. The van der Waals surface area contributed by atoms with E-state index in [1.54, 1.807) is 0 Å². The molecule has 19 heavy (non-hydrogen) atoms. The van der Waals surface area contributed by atoms with Gasteiger partial charge in [-0.25, -0.2) is 5.43 Å². The molecule has 1 aromatic rings. The molecule has 1 amide bonds. The number of amides is 1. The van der Waals surface area contributed by atoms with E-state index in [0.29, 0.717) is 0 Å². The first-order valence-corrected chi connectivity index (χ1v) is 6.70. The molecule has 4 heteroatoms. The second kappa shape index (κ2) is 6.36. The van der Waals surface area contributed by atoms with E-state index < -0.39 is 0 Å². The van der Waals surface area contributed by atoms with E-state index in [4.69, 9.17) is 4.74 Å². The smallest absolute Gasteiger partial charge is 0.277 e. The Morgan fingerprint density at radius 1 is 1.26 bits per heavy atom. The lowest BCUT2D eigenvalue weighted by molar-refractivity contribution is -0.123. The number of rotatable bonds is 4. The van der Waals surface area contributed by atoms with Crippen LogP contribution in [0.4, 0.5) is 0 Å². The standard InChI is InChI=1S/C15H20N2O2/c1-11-6-5-7-12(2)15(11)19-10-14(18)17-16-13-8-3-4-9-13/h5-7H,3-4,8-10H2,1-2H3,(H,17,18). The summed E-state index contributed by atoms with van der Waals surface area (Å²) in [5, 5.41) is 4.12. The van der Waals surface area contributed by atoms with Crippen molar-refractivity contribution in [3.8, 4) is 5.75 Å². The van der Waals surface area contributed by atoms with Crippen LogP contribution in [0.2, 0.25) is 0 Å². The molecule has 1 N–H and O–H groups in total. The molecule has 0 spiro atoms. The summed E-state index contributed by atoms with van der Waals surface area (Å²) in [6.07, 6.45) is 4.34. The van der Waals surface area contributed by atoms with Crippen LogP contribution in [0.5, 0.6) is 5.75 Å². The van der Waals surface area contributed by atoms with Crippen molar-refractivity contribution < 1.29 is 9.53 Å². The average molecular weight is 260 g/mol. The lowest BCUT2D eigenvalue weighted by atomic mass is 10.1. The number of hydrogen-bond acceptors (Lipinski definition) is 3. The van der Waals surface area contributed by atoms with E-state index >= 15 is 0 Å². The van der Waals surface area contributed by atoms with Gasteiger partial charge in [-0.05, 0) is 50.7 Å². The van der Waals surface area contributed by atoms with Gasteiger partial charge in [0.05, 0.1) is 0 Å². The van der Waals surface area contributed by atoms with Gasteiger partial charge in [0, 0.05) is 5.71 Å². The zero-order chi connectivity index (χ0) is 13.7. The van der Waals surface area contributed by atoms with E-state index in [2.05, 4.69) is 10.5 Å². The fourth-order valence-corrected chi connectivity index (χ4v) is 2.23. The van der Waals surface area contributed by atoms with Gasteiger partial charge in [-0.1, -0.05) is 18.2 Å². The molecule has 1 aliphatic carbocycles. The van der Waals surface area contributed by atoms with Gasteiger partial charge in [0.2, 0.25) is 0 Å². The van der Waals surface area contributed by atoms with Crippen LogP contribution in [0.1, 0.15) is 36.8 Å². The first-order chi connectivity index (χ1) is 9.16. The van der Waals surface area contributed by atoms with Gasteiger partial charge in [-0.2, -0.15) is 5.10 Å². The number of nitrogens with one attached hydrogen (secondary N) is 1. The summed E-state index contributed by atoms with van der Waals surface area (Å²) in [5.74, 6) is 0.577. The number of para-hydroxylation sites is 1. The van der Waals surface area contributed by atoms with Crippen LogP contribution in [0.25, 0.3) is 0 Å². The quantitative estimate of drug-likeness (QED) is 0.846. The van der Waals surface area contributed by atoms with Crippen molar-refractivity contribution in [2.24, 2.45) is 5.10 Å². The minimum atomic E-state index is -0.206.